The first kappa shape index (κ1) is 20.4. The van der Waals surface area contributed by atoms with Gasteiger partial charge in [-0.1, -0.05) is 23.7 Å². The number of carbonyl (C=O) groups excluding carboxylic acids is 1. The molecule has 0 radical (unpaired) electrons. The van der Waals surface area contributed by atoms with Crippen molar-refractivity contribution in [2.75, 3.05) is 7.11 Å². The van der Waals surface area contributed by atoms with Gasteiger partial charge in [-0.05, 0) is 55.9 Å². The highest BCUT2D eigenvalue weighted by Crippen LogP contribution is 2.30. The van der Waals surface area contributed by atoms with Crippen LogP contribution in [0.4, 0.5) is 0 Å². The molecule has 1 aromatic carbocycles. The number of methoxy groups -OCH3 is 1. The maximum absolute atomic E-state index is 11.0. The number of hydrogen-bond acceptors (Lipinski definition) is 4. The van der Waals surface area contributed by atoms with Crippen LogP contribution in [0.2, 0.25) is 5.02 Å². The average Bonchev–Trinajstić information content (AvgIpc) is 3.12. The third kappa shape index (κ3) is 6.78. The van der Waals surface area contributed by atoms with E-state index in [9.17, 15) is 4.79 Å². The van der Waals surface area contributed by atoms with E-state index >= 15 is 0 Å². The summed E-state index contributed by atoms with van der Waals surface area (Å²) in [6.07, 6.45) is 9.38. The van der Waals surface area contributed by atoms with E-state index in [1.807, 2.05) is 42.7 Å². The number of amides is 1. The summed E-state index contributed by atoms with van der Waals surface area (Å²) in [7, 11) is 1.55. The molecule has 142 valence electrons. The molecule has 7 heteroatoms. The number of benzene rings is 1. The van der Waals surface area contributed by atoms with Gasteiger partial charge in [-0.2, -0.15) is 5.10 Å². The van der Waals surface area contributed by atoms with Gasteiger partial charge in [0.05, 0.1) is 18.6 Å². The summed E-state index contributed by atoms with van der Waals surface area (Å²) >= 11 is 5.78. The van der Waals surface area contributed by atoms with E-state index < -0.39 is 5.91 Å². The lowest BCUT2D eigenvalue weighted by atomic mass is 9.93. The lowest BCUT2D eigenvalue weighted by Gasteiger charge is -2.25. The van der Waals surface area contributed by atoms with Crippen LogP contribution in [-0.4, -0.2) is 34.1 Å². The predicted molar refractivity (Wildman–Crippen MR) is 100 cm³/mol. The lowest BCUT2D eigenvalue weighted by molar-refractivity contribution is -0.131. The van der Waals surface area contributed by atoms with Crippen molar-refractivity contribution in [2.24, 2.45) is 0 Å². The molecule has 26 heavy (non-hydrogen) atoms. The van der Waals surface area contributed by atoms with Crippen LogP contribution in [-0.2, 0) is 16.0 Å². The predicted octanol–water partition coefficient (Wildman–Crippen LogP) is 3.79. The fraction of sp³-hybridized carbons (Fsp3) is 0.474. The molecule has 2 N–H and O–H groups in total. The number of rotatable bonds is 7. The Morgan fingerprint density at radius 3 is 2.65 bits per heavy atom. The summed E-state index contributed by atoms with van der Waals surface area (Å²) in [4.78, 5) is 11.0. The number of aromatic nitrogens is 2. The van der Waals surface area contributed by atoms with Gasteiger partial charge in [0.1, 0.15) is 0 Å². The first-order chi connectivity index (χ1) is 12.6. The SMILES string of the molecule is COC(CCc1ccc(Cl)cc1)CC(=O)NO.c1cnn(C2CCC2)c1. The lowest BCUT2D eigenvalue weighted by Crippen LogP contribution is -2.25. The molecule has 0 saturated heterocycles. The molecule has 6 nitrogen and oxygen atoms in total. The molecule has 1 fully saturated rings. The summed E-state index contributed by atoms with van der Waals surface area (Å²) in [6.45, 7) is 0. The van der Waals surface area contributed by atoms with Gasteiger partial charge in [-0.15, -0.1) is 0 Å². The van der Waals surface area contributed by atoms with E-state index in [0.29, 0.717) is 11.4 Å². The number of hydrogen-bond donors (Lipinski definition) is 2. The molecule has 0 bridgehead atoms. The first-order valence-corrected chi connectivity index (χ1v) is 9.19. The third-order valence-corrected chi connectivity index (χ3v) is 4.77. The fourth-order valence-corrected chi connectivity index (χ4v) is 2.81. The summed E-state index contributed by atoms with van der Waals surface area (Å²) in [5, 5.41) is 13.3. The molecule has 0 spiro atoms. The molecular weight excluding hydrogens is 354 g/mol. The summed E-state index contributed by atoms with van der Waals surface area (Å²) in [5.41, 5.74) is 2.74. The molecular formula is C19H26ClN3O3. The number of carbonyl (C=O) groups is 1. The summed E-state index contributed by atoms with van der Waals surface area (Å²) in [6, 6.07) is 10.3. The second kappa shape index (κ2) is 11.0. The Kier molecular flexibility index (Phi) is 8.61. The number of aryl methyl sites for hydroxylation is 1. The third-order valence-electron chi connectivity index (χ3n) is 4.51. The van der Waals surface area contributed by atoms with Gasteiger partial charge in [-0.3, -0.25) is 14.7 Å². The normalized spacial score (nSPS) is 14.7. The molecule has 1 amide bonds. The Labute approximate surface area is 159 Å². The molecule has 1 aromatic heterocycles. The van der Waals surface area contributed by atoms with E-state index in [1.165, 1.54) is 19.3 Å². The molecule has 1 aliphatic carbocycles. The maximum Gasteiger partial charge on any atom is 0.245 e. The molecule has 3 rings (SSSR count). The topological polar surface area (TPSA) is 76.4 Å². The molecule has 1 saturated carbocycles. The fourth-order valence-electron chi connectivity index (χ4n) is 2.68. The van der Waals surface area contributed by atoms with Crippen LogP contribution in [0.25, 0.3) is 0 Å². The van der Waals surface area contributed by atoms with Gasteiger partial charge in [-0.25, -0.2) is 5.48 Å². The molecule has 2 aromatic rings. The van der Waals surface area contributed by atoms with Gasteiger partial charge in [0, 0.05) is 24.5 Å². The zero-order chi connectivity index (χ0) is 18.8. The van der Waals surface area contributed by atoms with Crippen molar-refractivity contribution in [2.45, 2.75) is 50.7 Å². The van der Waals surface area contributed by atoms with Crippen molar-refractivity contribution in [3.05, 3.63) is 53.3 Å². The number of hydroxylamine groups is 1. The van der Waals surface area contributed by atoms with Gasteiger partial charge in [0.2, 0.25) is 5.91 Å². The molecule has 1 atom stereocenters. The second-order valence-electron chi connectivity index (χ2n) is 6.33. The monoisotopic (exact) mass is 379 g/mol. The average molecular weight is 380 g/mol. The van der Waals surface area contributed by atoms with Crippen molar-refractivity contribution < 1.29 is 14.7 Å². The Morgan fingerprint density at radius 1 is 1.42 bits per heavy atom. The van der Waals surface area contributed by atoms with Crippen LogP contribution in [0.15, 0.2) is 42.7 Å². The Balaban J connectivity index is 0.000000223. The maximum atomic E-state index is 11.0. The van der Waals surface area contributed by atoms with Crippen LogP contribution in [0, 0.1) is 0 Å². The number of nitrogens with one attached hydrogen (secondary N) is 1. The minimum Gasteiger partial charge on any atom is -0.381 e. The van der Waals surface area contributed by atoms with Crippen LogP contribution >= 0.6 is 11.6 Å². The summed E-state index contributed by atoms with van der Waals surface area (Å²) < 4.78 is 7.23. The van der Waals surface area contributed by atoms with Crippen LogP contribution in [0.1, 0.15) is 43.7 Å². The van der Waals surface area contributed by atoms with Crippen LogP contribution < -0.4 is 5.48 Å². The second-order valence-corrected chi connectivity index (χ2v) is 6.77. The number of halogens is 1. The highest BCUT2D eigenvalue weighted by Gasteiger charge is 2.18. The van der Waals surface area contributed by atoms with E-state index in [2.05, 4.69) is 9.78 Å². The minimum atomic E-state index is -0.437. The Morgan fingerprint density at radius 2 is 2.15 bits per heavy atom. The first-order valence-electron chi connectivity index (χ1n) is 8.81. The van der Waals surface area contributed by atoms with Crippen molar-refractivity contribution >= 4 is 17.5 Å². The Hall–Kier alpha value is -1.89. The molecule has 0 aliphatic heterocycles. The van der Waals surface area contributed by atoms with Crippen LogP contribution in [0.5, 0.6) is 0 Å². The minimum absolute atomic E-state index is 0.153. The molecule has 1 unspecified atom stereocenters. The van der Waals surface area contributed by atoms with Gasteiger partial charge in [0.25, 0.3) is 0 Å². The highest BCUT2D eigenvalue weighted by molar-refractivity contribution is 6.30. The van der Waals surface area contributed by atoms with Crippen molar-refractivity contribution in [1.29, 1.82) is 0 Å². The molecule has 1 aliphatic rings. The quantitative estimate of drug-likeness (QED) is 0.566. The number of ether oxygens (including phenoxy) is 1. The summed E-state index contributed by atoms with van der Waals surface area (Å²) in [5.74, 6) is -0.437. The zero-order valence-electron chi connectivity index (χ0n) is 15.0. The Bertz CT molecular complexity index is 643. The van der Waals surface area contributed by atoms with Crippen LogP contribution in [0.3, 0.4) is 0 Å². The van der Waals surface area contributed by atoms with E-state index in [1.54, 1.807) is 12.6 Å². The highest BCUT2D eigenvalue weighted by atomic mass is 35.5. The van der Waals surface area contributed by atoms with E-state index in [0.717, 1.165) is 18.0 Å². The standard InChI is InChI=1S/C12H16ClNO3.C7H10N2/c1-17-11(8-12(15)14-16)7-4-9-2-5-10(13)6-3-9;1-3-7(4-1)9-6-2-5-8-9/h2-3,5-6,11,16H,4,7-8H2,1H3,(H,14,15);2,5-7H,1,3-4H2. The largest absolute Gasteiger partial charge is 0.381 e. The zero-order valence-corrected chi connectivity index (χ0v) is 15.7. The van der Waals surface area contributed by atoms with Gasteiger partial charge >= 0.3 is 0 Å². The van der Waals surface area contributed by atoms with E-state index in [-0.39, 0.29) is 12.5 Å². The number of nitrogens with zero attached hydrogens (tertiary/aromatic N) is 2. The van der Waals surface area contributed by atoms with Crippen molar-refractivity contribution in [3.63, 3.8) is 0 Å². The van der Waals surface area contributed by atoms with Crippen molar-refractivity contribution in [3.8, 4) is 0 Å². The van der Waals surface area contributed by atoms with Crippen molar-refractivity contribution in [1.82, 2.24) is 15.3 Å². The van der Waals surface area contributed by atoms with E-state index in [4.69, 9.17) is 21.5 Å². The van der Waals surface area contributed by atoms with Gasteiger partial charge < -0.3 is 4.74 Å². The molecule has 1 heterocycles. The van der Waals surface area contributed by atoms with Gasteiger partial charge in [0.15, 0.2) is 0 Å². The smallest absolute Gasteiger partial charge is 0.245 e.